The van der Waals surface area contributed by atoms with E-state index in [-0.39, 0.29) is 24.1 Å². The van der Waals surface area contributed by atoms with Crippen LogP contribution in [0.5, 0.6) is 5.75 Å². The highest BCUT2D eigenvalue weighted by molar-refractivity contribution is 6.43. The van der Waals surface area contributed by atoms with Crippen LogP contribution in [0.25, 0.3) is 6.08 Å². The average Bonchev–Trinajstić information content (AvgIpc) is 3.06. The molecular weight excluding hydrogens is 437 g/mol. The predicted molar refractivity (Wildman–Crippen MR) is 125 cm³/mol. The van der Waals surface area contributed by atoms with Crippen LogP contribution in [0, 0.1) is 17.8 Å². The van der Waals surface area contributed by atoms with Gasteiger partial charge >= 0.3 is 13.2 Å². The molecule has 1 aromatic carbocycles. The zero-order chi connectivity index (χ0) is 24.6. The van der Waals surface area contributed by atoms with Crippen molar-refractivity contribution >= 4 is 31.1 Å². The lowest BCUT2D eigenvalue weighted by molar-refractivity contribution is -0.137. The number of imide groups is 3. The second-order valence-corrected chi connectivity index (χ2v) is 9.28. The molecular formula is C25H30BNO7. The molecule has 0 unspecified atom stereocenters. The summed E-state index contributed by atoms with van der Waals surface area (Å²) in [4.78, 5) is 38.8. The van der Waals surface area contributed by atoms with E-state index in [1.54, 1.807) is 18.2 Å². The molecule has 2 heterocycles. The van der Waals surface area contributed by atoms with Crippen molar-refractivity contribution in [3.63, 3.8) is 0 Å². The first-order valence-corrected chi connectivity index (χ1v) is 11.7. The van der Waals surface area contributed by atoms with E-state index in [4.69, 9.17) is 4.65 Å². The van der Waals surface area contributed by atoms with Gasteiger partial charge in [0.25, 0.3) is 0 Å². The van der Waals surface area contributed by atoms with E-state index in [0.717, 1.165) is 29.4 Å². The first-order valence-electron chi connectivity index (χ1n) is 11.7. The number of phenols is 1. The van der Waals surface area contributed by atoms with E-state index in [1.165, 1.54) is 0 Å². The topological polar surface area (TPSA) is 113 Å². The molecule has 0 radical (unpaired) electrons. The van der Waals surface area contributed by atoms with Crippen molar-refractivity contribution in [2.75, 3.05) is 7.11 Å². The lowest BCUT2D eigenvalue weighted by atomic mass is 9.58. The standard InChI is InChI=1S/C25H30BNO7/c1-4-16-12-18-22(24(30)27(23(18)29)25(31)33-3)19-13-26(32)34-20(21(16)19)9-8-14(2)10-15-6-5-7-17(28)11-15/h5-7,10-11,18-20,22,28,32H,4,8-9,12-13H2,1-3H3/b14-10+/t18-,19+,20-,22-/m1/s1. The fraction of sp³-hybridized carbons (Fsp3) is 0.480. The van der Waals surface area contributed by atoms with Gasteiger partial charge in [0, 0.05) is 0 Å². The van der Waals surface area contributed by atoms with Crippen LogP contribution < -0.4 is 0 Å². The Labute approximate surface area is 199 Å². The summed E-state index contributed by atoms with van der Waals surface area (Å²) < 4.78 is 10.6. The minimum Gasteiger partial charge on any atom is -0.508 e. The van der Waals surface area contributed by atoms with Crippen molar-refractivity contribution in [2.24, 2.45) is 17.8 Å². The van der Waals surface area contributed by atoms with Crippen LogP contribution in [0.15, 0.2) is 41.0 Å². The Morgan fingerprint density at radius 3 is 2.74 bits per heavy atom. The molecule has 4 rings (SSSR count). The van der Waals surface area contributed by atoms with Crippen molar-refractivity contribution < 1.29 is 33.9 Å². The molecule has 0 bridgehead atoms. The lowest BCUT2D eigenvalue weighted by Gasteiger charge is -2.43. The number of carbonyl (C=O) groups is 3. The summed E-state index contributed by atoms with van der Waals surface area (Å²) >= 11 is 0. The van der Waals surface area contributed by atoms with Crippen LogP contribution in [0.3, 0.4) is 0 Å². The van der Waals surface area contributed by atoms with Gasteiger partial charge in [0.1, 0.15) is 5.75 Å². The number of carbonyl (C=O) groups excluding carboxylic acids is 3. The van der Waals surface area contributed by atoms with Crippen LogP contribution in [-0.4, -0.2) is 53.3 Å². The zero-order valence-corrected chi connectivity index (χ0v) is 19.7. The molecule has 0 saturated carbocycles. The van der Waals surface area contributed by atoms with Gasteiger partial charge in [0.15, 0.2) is 0 Å². The fourth-order valence-electron chi connectivity index (χ4n) is 5.70. The minimum atomic E-state index is -1.05. The van der Waals surface area contributed by atoms with Crippen LogP contribution >= 0.6 is 0 Å². The Hall–Kier alpha value is -2.91. The molecule has 2 saturated heterocycles. The summed E-state index contributed by atoms with van der Waals surface area (Å²) in [6.07, 6.45) is 3.26. The molecule has 1 aromatic rings. The summed E-state index contributed by atoms with van der Waals surface area (Å²) in [5, 5.41) is 20.2. The molecule has 0 aromatic heterocycles. The maximum Gasteiger partial charge on any atom is 0.455 e. The summed E-state index contributed by atoms with van der Waals surface area (Å²) in [6.45, 7) is 4.01. The van der Waals surface area contributed by atoms with Gasteiger partial charge in [-0.2, -0.15) is 4.90 Å². The maximum atomic E-state index is 13.1. The van der Waals surface area contributed by atoms with E-state index in [1.807, 2.05) is 26.0 Å². The van der Waals surface area contributed by atoms with Gasteiger partial charge < -0.3 is 19.5 Å². The van der Waals surface area contributed by atoms with Gasteiger partial charge in [-0.3, -0.25) is 9.59 Å². The Morgan fingerprint density at radius 1 is 1.29 bits per heavy atom. The second kappa shape index (κ2) is 9.76. The van der Waals surface area contributed by atoms with Gasteiger partial charge in [-0.05, 0) is 68.1 Å². The largest absolute Gasteiger partial charge is 0.508 e. The molecule has 3 aliphatic rings. The van der Waals surface area contributed by atoms with Crippen LogP contribution in [-0.2, 0) is 19.0 Å². The van der Waals surface area contributed by atoms with Crippen molar-refractivity contribution in [2.45, 2.75) is 52.0 Å². The average molecular weight is 467 g/mol. The first-order chi connectivity index (χ1) is 16.2. The molecule has 2 aliphatic heterocycles. The number of hydrogen-bond donors (Lipinski definition) is 2. The molecule has 3 amide bonds. The van der Waals surface area contributed by atoms with Crippen molar-refractivity contribution in [3.05, 3.63) is 46.5 Å². The van der Waals surface area contributed by atoms with Gasteiger partial charge in [-0.1, -0.05) is 36.3 Å². The second-order valence-electron chi connectivity index (χ2n) is 9.28. The first kappa shape index (κ1) is 24.2. The molecule has 4 atom stereocenters. The number of allylic oxidation sites excluding steroid dienone is 2. The third-order valence-electron chi connectivity index (χ3n) is 7.18. The van der Waals surface area contributed by atoms with Crippen molar-refractivity contribution in [1.82, 2.24) is 4.90 Å². The molecule has 1 aliphatic carbocycles. The number of amides is 3. The number of phenolic OH excluding ortho intramolecular Hbond substituents is 1. The third-order valence-corrected chi connectivity index (χ3v) is 7.18. The van der Waals surface area contributed by atoms with E-state index < -0.39 is 36.9 Å². The molecule has 0 spiro atoms. The number of methoxy groups -OCH3 is 1. The Morgan fingerprint density at radius 2 is 2.06 bits per heavy atom. The van der Waals surface area contributed by atoms with Gasteiger partial charge in [-0.25, -0.2) is 4.79 Å². The number of likely N-dealkylation sites (tertiary alicyclic amines) is 1. The Bertz CT molecular complexity index is 1070. The normalized spacial score (nSPS) is 27.1. The van der Waals surface area contributed by atoms with E-state index in [2.05, 4.69) is 4.74 Å². The molecule has 9 heteroatoms. The molecule has 2 N–H and O–H groups in total. The number of rotatable bonds is 5. The van der Waals surface area contributed by atoms with Crippen LogP contribution in [0.4, 0.5) is 4.79 Å². The highest BCUT2D eigenvalue weighted by Gasteiger charge is 2.58. The van der Waals surface area contributed by atoms with E-state index in [0.29, 0.717) is 30.6 Å². The summed E-state index contributed by atoms with van der Waals surface area (Å²) in [6, 6.07) is 7.01. The number of fused-ring (bicyclic) bond motifs is 3. The zero-order valence-electron chi connectivity index (χ0n) is 19.7. The third kappa shape index (κ3) is 4.42. The summed E-state index contributed by atoms with van der Waals surface area (Å²) in [5.41, 5.74) is 4.03. The molecule has 2 fully saturated rings. The smallest absolute Gasteiger partial charge is 0.455 e. The monoisotopic (exact) mass is 467 g/mol. The number of aromatic hydroxyl groups is 1. The quantitative estimate of drug-likeness (QED) is 0.387. The van der Waals surface area contributed by atoms with Gasteiger partial charge in [0.05, 0.1) is 25.0 Å². The highest BCUT2D eigenvalue weighted by atomic mass is 16.5. The van der Waals surface area contributed by atoms with Gasteiger partial charge in [0.2, 0.25) is 11.8 Å². The van der Waals surface area contributed by atoms with Crippen molar-refractivity contribution in [1.29, 1.82) is 0 Å². The van der Waals surface area contributed by atoms with E-state index >= 15 is 0 Å². The van der Waals surface area contributed by atoms with E-state index in [9.17, 15) is 24.5 Å². The van der Waals surface area contributed by atoms with Crippen molar-refractivity contribution in [3.8, 4) is 5.75 Å². The fourth-order valence-corrected chi connectivity index (χ4v) is 5.70. The minimum absolute atomic E-state index is 0.203. The summed E-state index contributed by atoms with van der Waals surface area (Å²) in [5.74, 6) is -2.53. The Kier molecular flexibility index (Phi) is 6.95. The molecule has 34 heavy (non-hydrogen) atoms. The molecule has 8 nitrogen and oxygen atoms in total. The SMILES string of the molecule is CCC1=C2[C@@H](CC/C(C)=C/c3cccc(O)c3)OB(O)C[C@@H]2[C@@H]2C(=O)N(C(=O)OC)C(=O)[C@@H]2C1. The number of nitrogens with zero attached hydrogens (tertiary/aromatic N) is 1. The lowest BCUT2D eigenvalue weighted by Crippen LogP contribution is -2.46. The summed E-state index contributed by atoms with van der Waals surface area (Å²) in [7, 11) is 0.0912. The maximum absolute atomic E-state index is 13.1. The number of ether oxygens (including phenoxy) is 1. The molecule has 180 valence electrons. The highest BCUT2D eigenvalue weighted by Crippen LogP contribution is 2.51. The van der Waals surface area contributed by atoms with Crippen LogP contribution in [0.1, 0.15) is 45.1 Å². The van der Waals surface area contributed by atoms with Crippen LogP contribution in [0.2, 0.25) is 6.32 Å². The van der Waals surface area contributed by atoms with Gasteiger partial charge in [-0.15, -0.1) is 0 Å². The number of benzene rings is 1. The predicted octanol–water partition coefficient (Wildman–Crippen LogP) is 3.55. The Balaban J connectivity index is 1.59. The number of hydrogen-bond acceptors (Lipinski definition) is 7.